The van der Waals surface area contributed by atoms with Gasteiger partial charge in [-0.15, -0.1) is 0 Å². The zero-order chi connectivity index (χ0) is 14.9. The third-order valence-electron chi connectivity index (χ3n) is 3.10. The smallest absolute Gasteiger partial charge is 0.264 e. The van der Waals surface area contributed by atoms with E-state index >= 15 is 0 Å². The van der Waals surface area contributed by atoms with Gasteiger partial charge in [-0.25, -0.2) is 12.8 Å². The fraction of sp³-hybridized carbons (Fsp3) is 0.143. The van der Waals surface area contributed by atoms with Crippen molar-refractivity contribution in [2.24, 2.45) is 0 Å². The van der Waals surface area contributed by atoms with Gasteiger partial charge in [-0.2, -0.15) is 0 Å². The van der Waals surface area contributed by atoms with Crippen molar-refractivity contribution in [2.75, 3.05) is 17.1 Å². The maximum absolute atomic E-state index is 13.7. The fourth-order valence-corrected chi connectivity index (χ4v) is 3.01. The lowest BCUT2D eigenvalue weighted by molar-refractivity contribution is 0.589. The third-order valence-corrected chi connectivity index (χ3v) is 4.87. The molecule has 2 rings (SSSR count). The van der Waals surface area contributed by atoms with E-state index in [0.717, 1.165) is 9.87 Å². The van der Waals surface area contributed by atoms with Crippen molar-refractivity contribution in [2.45, 2.75) is 11.8 Å². The highest BCUT2D eigenvalue weighted by Crippen LogP contribution is 2.26. The predicted octanol–water partition coefficient (Wildman–Crippen LogP) is 2.54. The van der Waals surface area contributed by atoms with Crippen LogP contribution in [0.15, 0.2) is 47.4 Å². The maximum Gasteiger partial charge on any atom is 0.264 e. The van der Waals surface area contributed by atoms with E-state index in [0.29, 0.717) is 5.69 Å². The van der Waals surface area contributed by atoms with Gasteiger partial charge in [0.1, 0.15) is 5.82 Å². The summed E-state index contributed by atoms with van der Waals surface area (Å²) in [4.78, 5) is 0.0337. The van der Waals surface area contributed by atoms with Crippen LogP contribution in [0.25, 0.3) is 0 Å². The van der Waals surface area contributed by atoms with Crippen molar-refractivity contribution in [3.8, 4) is 0 Å². The number of hydrogen-bond donors (Lipinski definition) is 1. The quantitative estimate of drug-likeness (QED) is 0.885. The van der Waals surface area contributed by atoms with Crippen LogP contribution in [0.2, 0.25) is 0 Å². The molecular weight excluding hydrogens is 279 g/mol. The van der Waals surface area contributed by atoms with E-state index in [4.69, 9.17) is 5.73 Å². The van der Waals surface area contributed by atoms with Crippen molar-refractivity contribution in [1.82, 2.24) is 0 Å². The molecule has 0 heterocycles. The number of halogens is 1. The first-order valence-electron chi connectivity index (χ1n) is 5.93. The summed E-state index contributed by atoms with van der Waals surface area (Å²) in [7, 11) is -2.53. The Kier molecular flexibility index (Phi) is 3.67. The van der Waals surface area contributed by atoms with Crippen molar-refractivity contribution in [3.05, 3.63) is 53.8 Å². The van der Waals surface area contributed by atoms with Crippen molar-refractivity contribution in [1.29, 1.82) is 0 Å². The molecule has 0 aliphatic rings. The average molecular weight is 294 g/mol. The van der Waals surface area contributed by atoms with Crippen LogP contribution in [0.4, 0.5) is 15.8 Å². The number of nitrogens with two attached hydrogens (primary N) is 1. The summed E-state index contributed by atoms with van der Waals surface area (Å²) < 4.78 is 39.5. The van der Waals surface area contributed by atoms with E-state index in [1.807, 2.05) is 0 Å². The first-order chi connectivity index (χ1) is 9.34. The van der Waals surface area contributed by atoms with Gasteiger partial charge in [0.15, 0.2) is 0 Å². The normalized spacial score (nSPS) is 11.3. The van der Waals surface area contributed by atoms with Gasteiger partial charge in [-0.3, -0.25) is 4.31 Å². The summed E-state index contributed by atoms with van der Waals surface area (Å²) in [5, 5.41) is 0. The Balaban J connectivity index is 2.50. The molecule has 0 radical (unpaired) electrons. The molecule has 0 aromatic heterocycles. The van der Waals surface area contributed by atoms with Crippen LogP contribution >= 0.6 is 0 Å². The number of anilines is 2. The lowest BCUT2D eigenvalue weighted by Crippen LogP contribution is -2.27. The average Bonchev–Trinajstić information content (AvgIpc) is 2.41. The Morgan fingerprint density at radius 1 is 1.15 bits per heavy atom. The molecule has 106 valence electrons. The molecule has 0 unspecified atom stereocenters. The number of benzene rings is 2. The first-order valence-corrected chi connectivity index (χ1v) is 7.37. The lowest BCUT2D eigenvalue weighted by Gasteiger charge is -2.20. The molecule has 6 heteroatoms. The van der Waals surface area contributed by atoms with Crippen LogP contribution in [0.1, 0.15) is 5.56 Å². The Morgan fingerprint density at radius 3 is 2.40 bits per heavy atom. The Labute approximate surface area is 117 Å². The number of nitrogens with zero attached hydrogens (tertiary/aromatic N) is 1. The van der Waals surface area contributed by atoms with Crippen LogP contribution in [0, 0.1) is 12.7 Å². The molecule has 2 aromatic rings. The van der Waals surface area contributed by atoms with Gasteiger partial charge in [0.25, 0.3) is 10.0 Å². The summed E-state index contributed by atoms with van der Waals surface area (Å²) >= 11 is 0. The van der Waals surface area contributed by atoms with Gasteiger partial charge >= 0.3 is 0 Å². The van der Waals surface area contributed by atoms with E-state index in [1.165, 1.54) is 37.4 Å². The fourth-order valence-electron chi connectivity index (χ4n) is 1.77. The summed E-state index contributed by atoms with van der Waals surface area (Å²) in [5.74, 6) is -0.598. The van der Waals surface area contributed by atoms with Crippen LogP contribution in [-0.4, -0.2) is 15.5 Å². The van der Waals surface area contributed by atoms with Gasteiger partial charge in [0, 0.05) is 12.7 Å². The highest BCUT2D eigenvalue weighted by molar-refractivity contribution is 7.92. The highest BCUT2D eigenvalue weighted by atomic mass is 32.2. The molecule has 0 saturated heterocycles. The van der Waals surface area contributed by atoms with E-state index in [2.05, 4.69) is 0 Å². The van der Waals surface area contributed by atoms with E-state index < -0.39 is 15.8 Å². The Hall–Kier alpha value is -2.08. The molecule has 20 heavy (non-hydrogen) atoms. The number of aryl methyl sites for hydroxylation is 1. The molecule has 2 aromatic carbocycles. The number of sulfonamides is 1. The van der Waals surface area contributed by atoms with Gasteiger partial charge in [-0.05, 0) is 36.8 Å². The monoisotopic (exact) mass is 294 g/mol. The second-order valence-electron chi connectivity index (χ2n) is 4.44. The molecule has 0 atom stereocenters. The maximum atomic E-state index is 13.7. The largest absolute Gasteiger partial charge is 0.398 e. The molecule has 4 nitrogen and oxygen atoms in total. The summed E-state index contributed by atoms with van der Waals surface area (Å²) in [6.45, 7) is 1.78. The molecule has 2 N–H and O–H groups in total. The van der Waals surface area contributed by atoms with Crippen LogP contribution < -0.4 is 10.0 Å². The number of rotatable bonds is 3. The molecular formula is C14H15FN2O2S. The zero-order valence-corrected chi connectivity index (χ0v) is 12.0. The van der Waals surface area contributed by atoms with Gasteiger partial charge in [-0.1, -0.05) is 18.2 Å². The van der Waals surface area contributed by atoms with E-state index in [1.54, 1.807) is 19.1 Å². The van der Waals surface area contributed by atoms with Crippen LogP contribution in [-0.2, 0) is 10.0 Å². The molecule has 0 fully saturated rings. The predicted molar refractivity (Wildman–Crippen MR) is 77.6 cm³/mol. The Morgan fingerprint density at radius 2 is 1.80 bits per heavy atom. The summed E-state index contributed by atoms with van der Waals surface area (Å²) in [6.07, 6.45) is 0. The van der Waals surface area contributed by atoms with Crippen LogP contribution in [0.3, 0.4) is 0 Å². The van der Waals surface area contributed by atoms with Crippen molar-refractivity contribution < 1.29 is 12.8 Å². The molecule has 0 aliphatic heterocycles. The Bertz CT molecular complexity index is 745. The molecule has 0 amide bonds. The van der Waals surface area contributed by atoms with Crippen molar-refractivity contribution in [3.63, 3.8) is 0 Å². The molecule has 0 spiro atoms. The minimum Gasteiger partial charge on any atom is -0.398 e. The van der Waals surface area contributed by atoms with Gasteiger partial charge in [0.2, 0.25) is 0 Å². The summed E-state index contributed by atoms with van der Waals surface area (Å²) in [6, 6.07) is 10.2. The highest BCUT2D eigenvalue weighted by Gasteiger charge is 2.23. The molecule has 0 aliphatic carbocycles. The second kappa shape index (κ2) is 5.13. The lowest BCUT2D eigenvalue weighted by atomic mass is 10.2. The SMILES string of the molecule is Cc1ccc(S(=O)(=O)N(C)c2ccccc2F)cc1N. The number of para-hydroxylation sites is 1. The minimum atomic E-state index is -3.84. The molecule has 0 bridgehead atoms. The van der Waals surface area contributed by atoms with Crippen molar-refractivity contribution >= 4 is 21.4 Å². The number of hydrogen-bond acceptors (Lipinski definition) is 3. The second-order valence-corrected chi connectivity index (χ2v) is 6.41. The van der Waals surface area contributed by atoms with E-state index in [9.17, 15) is 12.8 Å². The zero-order valence-electron chi connectivity index (χ0n) is 11.2. The third kappa shape index (κ3) is 2.46. The van der Waals surface area contributed by atoms with Crippen LogP contribution in [0.5, 0.6) is 0 Å². The summed E-state index contributed by atoms with van der Waals surface area (Å²) in [5.41, 5.74) is 6.89. The molecule has 0 saturated carbocycles. The number of nitrogen functional groups attached to an aromatic ring is 1. The van der Waals surface area contributed by atoms with Gasteiger partial charge in [0.05, 0.1) is 10.6 Å². The van der Waals surface area contributed by atoms with Gasteiger partial charge < -0.3 is 5.73 Å². The minimum absolute atomic E-state index is 0.00773. The standard InChI is InChI=1S/C14H15FN2O2S/c1-10-7-8-11(9-13(10)16)20(18,19)17(2)14-6-4-3-5-12(14)15/h3-9H,16H2,1-2H3. The first kappa shape index (κ1) is 14.3. The van der Waals surface area contributed by atoms with E-state index in [-0.39, 0.29) is 10.6 Å². The topological polar surface area (TPSA) is 63.4 Å².